The molecule has 1 aromatic carbocycles. The first kappa shape index (κ1) is 13.8. The van der Waals surface area contributed by atoms with Crippen molar-refractivity contribution in [1.29, 1.82) is 0 Å². The summed E-state index contributed by atoms with van der Waals surface area (Å²) in [6.07, 6.45) is 5.02. The van der Waals surface area contributed by atoms with Gasteiger partial charge in [-0.25, -0.2) is 8.78 Å². The summed E-state index contributed by atoms with van der Waals surface area (Å²) in [5.74, 6) is -0.317. The summed E-state index contributed by atoms with van der Waals surface area (Å²) in [6, 6.07) is 4.31. The second-order valence-corrected chi connectivity index (χ2v) is 6.01. The van der Waals surface area contributed by atoms with Crippen molar-refractivity contribution in [3.63, 3.8) is 0 Å². The molecule has 1 fully saturated rings. The minimum atomic E-state index is -0.784. The minimum Gasteiger partial charge on any atom is -0.204 e. The van der Waals surface area contributed by atoms with Crippen LogP contribution in [0.3, 0.4) is 0 Å². The van der Waals surface area contributed by atoms with Gasteiger partial charge in [0.1, 0.15) is 0 Å². The second kappa shape index (κ2) is 6.01. The summed E-state index contributed by atoms with van der Waals surface area (Å²) in [4.78, 5) is 0. The van der Waals surface area contributed by atoms with Crippen LogP contribution in [0.2, 0.25) is 0 Å². The SMILES string of the molecule is CC1CCC(C(Cl)Cc2cccc(F)c2F)CC1. The van der Waals surface area contributed by atoms with Gasteiger partial charge in [0.2, 0.25) is 0 Å². The molecule has 0 bridgehead atoms. The second-order valence-electron chi connectivity index (χ2n) is 5.45. The fraction of sp³-hybridized carbons (Fsp3) is 0.600. The van der Waals surface area contributed by atoms with Gasteiger partial charge < -0.3 is 0 Å². The monoisotopic (exact) mass is 272 g/mol. The Morgan fingerprint density at radius 1 is 1.22 bits per heavy atom. The zero-order valence-corrected chi connectivity index (χ0v) is 11.4. The normalized spacial score (nSPS) is 26.0. The molecule has 1 aliphatic carbocycles. The van der Waals surface area contributed by atoms with Crippen LogP contribution < -0.4 is 0 Å². The van der Waals surface area contributed by atoms with E-state index in [0.29, 0.717) is 17.9 Å². The van der Waals surface area contributed by atoms with Crippen molar-refractivity contribution in [3.05, 3.63) is 35.4 Å². The van der Waals surface area contributed by atoms with Gasteiger partial charge in [0.25, 0.3) is 0 Å². The molecule has 1 saturated carbocycles. The van der Waals surface area contributed by atoms with Gasteiger partial charge in [0.15, 0.2) is 11.6 Å². The van der Waals surface area contributed by atoms with Gasteiger partial charge in [-0.1, -0.05) is 31.9 Å². The largest absolute Gasteiger partial charge is 0.204 e. The van der Waals surface area contributed by atoms with Gasteiger partial charge in [-0.3, -0.25) is 0 Å². The predicted molar refractivity (Wildman–Crippen MR) is 70.8 cm³/mol. The average Bonchev–Trinajstić information content (AvgIpc) is 2.36. The molecule has 0 aromatic heterocycles. The number of benzene rings is 1. The van der Waals surface area contributed by atoms with Crippen molar-refractivity contribution >= 4 is 11.6 Å². The molecule has 18 heavy (non-hydrogen) atoms. The Morgan fingerprint density at radius 2 is 1.89 bits per heavy atom. The highest BCUT2D eigenvalue weighted by molar-refractivity contribution is 6.20. The summed E-state index contributed by atoms with van der Waals surface area (Å²) < 4.78 is 26.7. The van der Waals surface area contributed by atoms with Crippen molar-refractivity contribution in [2.45, 2.75) is 44.4 Å². The smallest absolute Gasteiger partial charge is 0.162 e. The molecular formula is C15H19ClF2. The highest BCUT2D eigenvalue weighted by Gasteiger charge is 2.25. The Kier molecular flexibility index (Phi) is 4.60. The lowest BCUT2D eigenvalue weighted by Gasteiger charge is -2.29. The third-order valence-corrected chi connectivity index (χ3v) is 4.53. The molecule has 1 aliphatic rings. The van der Waals surface area contributed by atoms with Crippen molar-refractivity contribution in [1.82, 2.24) is 0 Å². The fourth-order valence-electron chi connectivity index (χ4n) is 2.73. The van der Waals surface area contributed by atoms with Crippen LogP contribution in [0.15, 0.2) is 18.2 Å². The summed E-state index contributed by atoms with van der Waals surface area (Å²) in [5, 5.41) is -0.0891. The van der Waals surface area contributed by atoms with Crippen LogP contribution >= 0.6 is 11.6 Å². The summed E-state index contributed by atoms with van der Waals surface area (Å²) >= 11 is 6.38. The number of rotatable bonds is 3. The molecule has 2 rings (SSSR count). The molecule has 0 heterocycles. The van der Waals surface area contributed by atoms with E-state index in [-0.39, 0.29) is 5.38 Å². The van der Waals surface area contributed by atoms with Gasteiger partial charge in [-0.05, 0) is 42.7 Å². The minimum absolute atomic E-state index is 0.0891. The van der Waals surface area contributed by atoms with Gasteiger partial charge in [0.05, 0.1) is 0 Å². The first-order valence-electron chi connectivity index (χ1n) is 6.65. The molecule has 100 valence electrons. The number of hydrogen-bond acceptors (Lipinski definition) is 0. The van der Waals surface area contributed by atoms with Crippen LogP contribution in [0.4, 0.5) is 8.78 Å². The molecule has 3 heteroatoms. The van der Waals surface area contributed by atoms with Crippen molar-refractivity contribution in [3.8, 4) is 0 Å². The first-order chi connectivity index (χ1) is 8.58. The molecule has 1 unspecified atom stereocenters. The molecule has 0 spiro atoms. The zero-order chi connectivity index (χ0) is 13.1. The van der Waals surface area contributed by atoms with Crippen molar-refractivity contribution in [2.75, 3.05) is 0 Å². The Labute approximate surface area is 112 Å². The molecule has 0 radical (unpaired) electrons. The number of hydrogen-bond donors (Lipinski definition) is 0. The van der Waals surface area contributed by atoms with Crippen LogP contribution in [0, 0.1) is 23.5 Å². The lowest BCUT2D eigenvalue weighted by molar-refractivity contribution is 0.280. The van der Waals surface area contributed by atoms with Crippen LogP contribution in [-0.4, -0.2) is 5.38 Å². The lowest BCUT2D eigenvalue weighted by Crippen LogP contribution is -2.23. The van der Waals surface area contributed by atoms with Crippen LogP contribution in [0.1, 0.15) is 38.2 Å². The van der Waals surface area contributed by atoms with E-state index < -0.39 is 11.6 Å². The highest BCUT2D eigenvalue weighted by Crippen LogP contribution is 2.34. The third-order valence-electron chi connectivity index (χ3n) is 4.02. The Bertz CT molecular complexity index is 397. The van der Waals surface area contributed by atoms with E-state index in [1.165, 1.54) is 12.8 Å². The lowest BCUT2D eigenvalue weighted by atomic mass is 9.80. The molecule has 0 nitrogen and oxygen atoms in total. The van der Waals surface area contributed by atoms with E-state index >= 15 is 0 Å². The summed E-state index contributed by atoms with van der Waals surface area (Å²) in [7, 11) is 0. The maximum atomic E-state index is 13.6. The topological polar surface area (TPSA) is 0 Å². The van der Waals surface area contributed by atoms with Crippen LogP contribution in [0.25, 0.3) is 0 Å². The van der Waals surface area contributed by atoms with Crippen molar-refractivity contribution in [2.24, 2.45) is 11.8 Å². The molecule has 1 aromatic rings. The number of halogens is 3. The summed E-state index contributed by atoms with van der Waals surface area (Å²) in [5.41, 5.74) is 0.397. The Balaban J connectivity index is 1.98. The first-order valence-corrected chi connectivity index (χ1v) is 7.08. The van der Waals surface area contributed by atoms with E-state index in [2.05, 4.69) is 6.92 Å². The molecule has 0 aliphatic heterocycles. The fourth-order valence-corrected chi connectivity index (χ4v) is 3.15. The van der Waals surface area contributed by atoms with Gasteiger partial charge >= 0.3 is 0 Å². The van der Waals surface area contributed by atoms with Gasteiger partial charge in [-0.15, -0.1) is 11.6 Å². The van der Waals surface area contributed by atoms with E-state index in [9.17, 15) is 8.78 Å². The average molecular weight is 273 g/mol. The van der Waals surface area contributed by atoms with Gasteiger partial charge in [0, 0.05) is 5.38 Å². The Morgan fingerprint density at radius 3 is 2.56 bits per heavy atom. The molecule has 1 atom stereocenters. The predicted octanol–water partition coefficient (Wildman–Crippen LogP) is 4.94. The maximum Gasteiger partial charge on any atom is 0.162 e. The van der Waals surface area contributed by atoms with E-state index in [0.717, 1.165) is 24.8 Å². The molecule has 0 saturated heterocycles. The molecule has 0 N–H and O–H groups in total. The standard InChI is InChI=1S/C15H19ClF2/c1-10-5-7-11(8-6-10)13(16)9-12-3-2-4-14(17)15(12)18/h2-4,10-11,13H,5-9H2,1H3. The maximum absolute atomic E-state index is 13.6. The van der Waals surface area contributed by atoms with E-state index in [1.54, 1.807) is 12.1 Å². The highest BCUT2D eigenvalue weighted by atomic mass is 35.5. The Hall–Kier alpha value is -0.630. The number of alkyl halides is 1. The quantitative estimate of drug-likeness (QED) is 0.684. The zero-order valence-electron chi connectivity index (χ0n) is 10.6. The molecule has 0 amide bonds. The van der Waals surface area contributed by atoms with E-state index in [1.807, 2.05) is 0 Å². The summed E-state index contributed by atoms with van der Waals surface area (Å²) in [6.45, 7) is 2.26. The third kappa shape index (κ3) is 3.23. The molecular weight excluding hydrogens is 254 g/mol. The van der Waals surface area contributed by atoms with Crippen LogP contribution in [0.5, 0.6) is 0 Å². The van der Waals surface area contributed by atoms with Gasteiger partial charge in [-0.2, -0.15) is 0 Å². The van der Waals surface area contributed by atoms with E-state index in [4.69, 9.17) is 11.6 Å². The van der Waals surface area contributed by atoms with Crippen LogP contribution in [-0.2, 0) is 6.42 Å². The van der Waals surface area contributed by atoms with Crippen molar-refractivity contribution < 1.29 is 8.78 Å².